The van der Waals surface area contributed by atoms with Gasteiger partial charge in [0.05, 0.1) is 77.4 Å². The Morgan fingerprint density at radius 3 is 2.35 bits per heavy atom. The molecule has 4 rings (SSSR count). The topological polar surface area (TPSA) is 180 Å². The number of carbonyl (C=O) groups excluding carboxylic acids is 4. The molecule has 3 heterocycles. The number of rotatable bonds is 20. The molecular weight excluding hydrogens is 1020 g/mol. The van der Waals surface area contributed by atoms with Gasteiger partial charge in [-0.3, -0.25) is 19.2 Å². The molecule has 0 saturated carbocycles. The standard InChI is InChI=1S/C41H53F3I2N2O12/c1-22(6-9-29-23(2)18-28(25(4)58-29)48-31(50)11-8-24(3)57-26(5)49)7-10-30-40(53)41(21-56-41)20-27(59-30)19-32(51)47-13-15-55-17-16-54-14-12-33(52)60-39-35(43)34(42)37(45)38(46)36(39)44/h6-8,10-11,23-25,27-30,40,53H,9,12-21H2,1-5H3,(H,47,51)(H,48,50)/b10-7+,11-8-,22-6+/t23-,24-,25+,27+,28+,29-,30+,40+,41+/m0/s1. The number of carbonyl (C=O) groups is 4. The highest BCUT2D eigenvalue weighted by atomic mass is 127. The van der Waals surface area contributed by atoms with Crippen molar-refractivity contribution in [2.75, 3.05) is 39.6 Å². The Kier molecular flexibility index (Phi) is 19.7. The van der Waals surface area contributed by atoms with Crippen LogP contribution < -0.4 is 15.4 Å². The number of epoxide rings is 1. The van der Waals surface area contributed by atoms with Gasteiger partial charge < -0.3 is 48.9 Å². The lowest BCUT2D eigenvalue weighted by Crippen LogP contribution is -2.51. The second-order valence-corrected chi connectivity index (χ2v) is 17.2. The van der Waals surface area contributed by atoms with Crippen molar-refractivity contribution in [1.82, 2.24) is 10.6 Å². The van der Waals surface area contributed by atoms with E-state index in [0.717, 1.165) is 12.0 Å². The maximum absolute atomic E-state index is 14.3. The molecule has 0 unspecified atom stereocenters. The van der Waals surface area contributed by atoms with Crippen LogP contribution in [0.4, 0.5) is 13.2 Å². The molecule has 3 aliphatic heterocycles. The lowest BCUT2D eigenvalue weighted by atomic mass is 9.87. The minimum Gasteiger partial charge on any atom is -0.459 e. The first-order valence-electron chi connectivity index (χ1n) is 19.7. The normalized spacial score (nSPS) is 27.2. The number of esters is 2. The summed E-state index contributed by atoms with van der Waals surface area (Å²) in [4.78, 5) is 48.3. The molecule has 3 saturated heterocycles. The lowest BCUT2D eigenvalue weighted by molar-refractivity contribution is -0.145. The van der Waals surface area contributed by atoms with E-state index < -0.39 is 65.2 Å². The molecule has 1 aromatic carbocycles. The summed E-state index contributed by atoms with van der Waals surface area (Å²) in [5, 5.41) is 16.8. The van der Waals surface area contributed by atoms with Crippen LogP contribution in [-0.2, 0) is 47.6 Å². The van der Waals surface area contributed by atoms with E-state index >= 15 is 0 Å². The van der Waals surface area contributed by atoms with E-state index in [4.69, 9.17) is 33.2 Å². The first kappa shape index (κ1) is 50.0. The SMILES string of the molecule is CC(=O)O[C@@H](C)/C=C\C(=O)N[C@@H]1C[C@H](C)[C@H](C/C=C(C)/C=C/[C@H]2O[C@H](CC(=O)NCCOCCOCCC(=O)Oc3c(F)c(F)c(I)c(I)c3F)C[C@@]3(CO3)[C@@H]2O)O[C@@H]1C. The van der Waals surface area contributed by atoms with Crippen molar-refractivity contribution in [3.05, 3.63) is 60.5 Å². The molecule has 60 heavy (non-hydrogen) atoms. The third-order valence-corrected chi connectivity index (χ3v) is 13.2. The van der Waals surface area contributed by atoms with Gasteiger partial charge in [0, 0.05) is 26.0 Å². The molecule has 3 aliphatic rings. The summed E-state index contributed by atoms with van der Waals surface area (Å²) in [7, 11) is 0. The van der Waals surface area contributed by atoms with Crippen LogP contribution in [0.3, 0.4) is 0 Å². The van der Waals surface area contributed by atoms with Gasteiger partial charge in [0.1, 0.15) is 23.9 Å². The van der Waals surface area contributed by atoms with Crippen molar-refractivity contribution in [2.24, 2.45) is 5.92 Å². The summed E-state index contributed by atoms with van der Waals surface area (Å²) in [6, 6.07) is -0.173. The van der Waals surface area contributed by atoms with E-state index in [9.17, 15) is 37.5 Å². The smallest absolute Gasteiger partial charge is 0.313 e. The van der Waals surface area contributed by atoms with E-state index in [1.165, 1.54) is 64.3 Å². The van der Waals surface area contributed by atoms with Gasteiger partial charge in [-0.15, -0.1) is 0 Å². The van der Waals surface area contributed by atoms with E-state index in [-0.39, 0.29) is 88.9 Å². The number of halogens is 5. The monoisotopic (exact) mass is 1080 g/mol. The zero-order valence-electron chi connectivity index (χ0n) is 34.1. The Morgan fingerprint density at radius 1 is 0.983 bits per heavy atom. The minimum atomic E-state index is -1.58. The Morgan fingerprint density at radius 2 is 1.67 bits per heavy atom. The molecule has 0 bridgehead atoms. The second-order valence-electron chi connectivity index (χ2n) is 15.1. The molecule has 3 N–H and O–H groups in total. The highest BCUT2D eigenvalue weighted by Gasteiger charge is 2.58. The summed E-state index contributed by atoms with van der Waals surface area (Å²) < 4.78 is 80.4. The van der Waals surface area contributed by atoms with Gasteiger partial charge in [-0.2, -0.15) is 4.39 Å². The Hall–Kier alpha value is -2.67. The quantitative estimate of drug-likeness (QED) is 0.0181. The molecule has 1 spiro atoms. The highest BCUT2D eigenvalue weighted by Crippen LogP contribution is 2.43. The van der Waals surface area contributed by atoms with Crippen LogP contribution in [0.25, 0.3) is 0 Å². The molecule has 0 aliphatic carbocycles. The largest absolute Gasteiger partial charge is 0.459 e. The minimum absolute atomic E-state index is 0.0538. The van der Waals surface area contributed by atoms with Crippen molar-refractivity contribution in [1.29, 1.82) is 0 Å². The van der Waals surface area contributed by atoms with Crippen LogP contribution in [0.5, 0.6) is 5.75 Å². The Labute approximate surface area is 374 Å². The predicted molar refractivity (Wildman–Crippen MR) is 227 cm³/mol. The fraction of sp³-hybridized carbons (Fsp3) is 0.610. The van der Waals surface area contributed by atoms with Gasteiger partial charge in [0.15, 0.2) is 11.6 Å². The van der Waals surface area contributed by atoms with Gasteiger partial charge in [-0.25, -0.2) is 8.78 Å². The van der Waals surface area contributed by atoms with Crippen molar-refractivity contribution in [2.45, 2.75) is 115 Å². The van der Waals surface area contributed by atoms with Crippen molar-refractivity contribution in [3.63, 3.8) is 0 Å². The maximum atomic E-state index is 14.3. The van der Waals surface area contributed by atoms with E-state index in [1.54, 1.807) is 13.0 Å². The predicted octanol–water partition coefficient (Wildman–Crippen LogP) is 5.13. The van der Waals surface area contributed by atoms with Crippen molar-refractivity contribution in [3.8, 4) is 5.75 Å². The fourth-order valence-corrected chi connectivity index (χ4v) is 7.70. The van der Waals surface area contributed by atoms with Crippen molar-refractivity contribution >= 4 is 68.9 Å². The third-order valence-electron chi connectivity index (χ3n) is 10.1. The van der Waals surface area contributed by atoms with Crippen LogP contribution in [0.1, 0.15) is 66.7 Å². The zero-order valence-corrected chi connectivity index (χ0v) is 38.4. The maximum Gasteiger partial charge on any atom is 0.313 e. The molecule has 9 atom stereocenters. The summed E-state index contributed by atoms with van der Waals surface area (Å²) in [5.41, 5.74) is 0.178. The van der Waals surface area contributed by atoms with Crippen molar-refractivity contribution < 1.29 is 70.6 Å². The molecule has 14 nitrogen and oxygen atoms in total. The van der Waals surface area contributed by atoms with Gasteiger partial charge in [0.25, 0.3) is 0 Å². The highest BCUT2D eigenvalue weighted by molar-refractivity contribution is 14.1. The number of nitrogens with one attached hydrogen (secondary N) is 2. The summed E-state index contributed by atoms with van der Waals surface area (Å²) >= 11 is 2.95. The molecule has 0 radical (unpaired) electrons. The van der Waals surface area contributed by atoms with E-state index in [0.29, 0.717) is 19.4 Å². The van der Waals surface area contributed by atoms with Crippen LogP contribution in [0, 0.1) is 30.5 Å². The van der Waals surface area contributed by atoms with E-state index in [1.807, 2.05) is 19.9 Å². The fourth-order valence-electron chi connectivity index (χ4n) is 6.75. The Balaban J connectivity index is 1.12. The summed E-state index contributed by atoms with van der Waals surface area (Å²) in [5.74, 6) is -6.93. The van der Waals surface area contributed by atoms with Crippen LogP contribution >= 0.6 is 45.2 Å². The van der Waals surface area contributed by atoms with E-state index in [2.05, 4.69) is 23.6 Å². The number of aliphatic hydroxyl groups excluding tert-OH is 1. The number of hydrogen-bond donors (Lipinski definition) is 3. The number of amides is 2. The van der Waals surface area contributed by atoms with Crippen LogP contribution in [0.15, 0.2) is 36.0 Å². The molecule has 19 heteroatoms. The first-order valence-corrected chi connectivity index (χ1v) is 21.8. The number of allylic oxidation sites excluding steroid dienone is 2. The zero-order chi connectivity index (χ0) is 44.1. The number of hydrogen-bond acceptors (Lipinski definition) is 12. The van der Waals surface area contributed by atoms with Crippen LogP contribution in [0.2, 0.25) is 0 Å². The molecule has 0 aromatic heterocycles. The summed E-state index contributed by atoms with van der Waals surface area (Å²) in [6.45, 7) is 9.81. The molecular formula is C41H53F3I2N2O12. The second kappa shape index (κ2) is 23.7. The van der Waals surface area contributed by atoms with Gasteiger partial charge in [-0.05, 0) is 90.8 Å². The molecule has 2 amide bonds. The first-order chi connectivity index (χ1) is 28.4. The third kappa shape index (κ3) is 15.0. The van der Waals surface area contributed by atoms with Gasteiger partial charge in [-0.1, -0.05) is 30.7 Å². The Bertz CT molecular complexity index is 1750. The van der Waals surface area contributed by atoms with Gasteiger partial charge >= 0.3 is 11.9 Å². The average Bonchev–Trinajstić information content (AvgIpc) is 3.97. The number of ether oxygens (including phenoxy) is 7. The number of benzene rings is 1. The lowest BCUT2D eigenvalue weighted by Gasteiger charge is -2.39. The molecule has 1 aromatic rings. The van der Waals surface area contributed by atoms with Gasteiger partial charge in [0.2, 0.25) is 23.4 Å². The number of aliphatic hydroxyl groups is 1. The molecule has 334 valence electrons. The van der Waals surface area contributed by atoms with Crippen LogP contribution in [-0.4, -0.2) is 117 Å². The average molecular weight is 1080 g/mol. The molecule has 3 fully saturated rings. The summed E-state index contributed by atoms with van der Waals surface area (Å²) in [6.07, 6.45) is 7.20.